The molecule has 0 aromatic heterocycles. The minimum Gasteiger partial charge on any atom is -0.468 e. The number of hydrogen-bond acceptors (Lipinski definition) is 3. The van der Waals surface area contributed by atoms with Crippen LogP contribution in [0, 0.1) is 5.41 Å². The molecule has 0 N–H and O–H groups in total. The molecule has 0 bridgehead atoms. The molecule has 1 aromatic carbocycles. The van der Waals surface area contributed by atoms with Gasteiger partial charge < -0.3 is 4.74 Å². The molecule has 0 saturated heterocycles. The number of allylic oxidation sites excluding steroid dienone is 1. The highest BCUT2D eigenvalue weighted by Gasteiger charge is 2.45. The van der Waals surface area contributed by atoms with Gasteiger partial charge in [-0.1, -0.05) is 55.3 Å². The number of carbonyl (C=O) groups is 2. The first-order chi connectivity index (χ1) is 10.2. The smallest absolute Gasteiger partial charge is 0.319 e. The van der Waals surface area contributed by atoms with Crippen LogP contribution in [0.2, 0.25) is 0 Å². The molecular formula is C18H22O3. The van der Waals surface area contributed by atoms with Crippen LogP contribution >= 0.6 is 0 Å². The number of carbonyl (C=O) groups excluding carboxylic acids is 2. The summed E-state index contributed by atoms with van der Waals surface area (Å²) in [5.41, 5.74) is 0.0925. The standard InChI is InChI=1S/C18H22O3/c1-21-17(20)18(13-7-3-6-12-16(18)19)14-8-11-15-9-4-2-5-10-15/h2,4-5,8-11H,3,6-7,12-14H2,1H3/b11-8+/t18-/m0/s1. The summed E-state index contributed by atoms with van der Waals surface area (Å²) in [5, 5.41) is 0. The molecule has 112 valence electrons. The Hall–Kier alpha value is -1.90. The highest BCUT2D eigenvalue weighted by atomic mass is 16.5. The second-order valence-corrected chi connectivity index (χ2v) is 5.57. The number of hydrogen-bond donors (Lipinski definition) is 0. The highest BCUT2D eigenvalue weighted by Crippen LogP contribution is 2.37. The van der Waals surface area contributed by atoms with Crippen molar-refractivity contribution in [1.82, 2.24) is 0 Å². The summed E-state index contributed by atoms with van der Waals surface area (Å²) < 4.78 is 4.93. The molecule has 0 aliphatic heterocycles. The van der Waals surface area contributed by atoms with Gasteiger partial charge in [-0.25, -0.2) is 0 Å². The monoisotopic (exact) mass is 286 g/mol. The van der Waals surface area contributed by atoms with E-state index >= 15 is 0 Å². The minimum atomic E-state index is -0.976. The molecule has 0 unspecified atom stereocenters. The number of benzene rings is 1. The predicted molar refractivity (Wildman–Crippen MR) is 82.6 cm³/mol. The van der Waals surface area contributed by atoms with Crippen LogP contribution in [-0.2, 0) is 14.3 Å². The summed E-state index contributed by atoms with van der Waals surface area (Å²) in [4.78, 5) is 24.7. The number of rotatable bonds is 4. The lowest BCUT2D eigenvalue weighted by atomic mass is 9.76. The average molecular weight is 286 g/mol. The topological polar surface area (TPSA) is 43.4 Å². The largest absolute Gasteiger partial charge is 0.468 e. The summed E-state index contributed by atoms with van der Waals surface area (Å²) in [5.74, 6) is -0.350. The molecule has 3 nitrogen and oxygen atoms in total. The van der Waals surface area contributed by atoms with Gasteiger partial charge in [0.1, 0.15) is 11.2 Å². The number of methoxy groups -OCH3 is 1. The SMILES string of the molecule is COC(=O)[C@]1(C/C=C/c2ccccc2)CCCCCC1=O. The summed E-state index contributed by atoms with van der Waals surface area (Å²) in [6.45, 7) is 0. The third-order valence-electron chi connectivity index (χ3n) is 4.19. The van der Waals surface area contributed by atoms with Crippen LogP contribution in [0.5, 0.6) is 0 Å². The summed E-state index contributed by atoms with van der Waals surface area (Å²) >= 11 is 0. The lowest BCUT2D eigenvalue weighted by Gasteiger charge is -2.26. The molecule has 1 aliphatic rings. The van der Waals surface area contributed by atoms with Crippen LogP contribution in [0.25, 0.3) is 6.08 Å². The molecule has 21 heavy (non-hydrogen) atoms. The first-order valence-corrected chi connectivity index (χ1v) is 7.52. The molecule has 1 atom stereocenters. The first kappa shape index (κ1) is 15.5. The van der Waals surface area contributed by atoms with Gasteiger partial charge in [0.15, 0.2) is 0 Å². The van der Waals surface area contributed by atoms with E-state index in [1.165, 1.54) is 7.11 Å². The third-order valence-corrected chi connectivity index (χ3v) is 4.19. The predicted octanol–water partition coefficient (Wildman–Crippen LogP) is 3.78. The van der Waals surface area contributed by atoms with Gasteiger partial charge in [0.25, 0.3) is 0 Å². The molecule has 1 aromatic rings. The van der Waals surface area contributed by atoms with E-state index in [0.717, 1.165) is 24.8 Å². The van der Waals surface area contributed by atoms with E-state index in [1.807, 2.05) is 42.5 Å². The van der Waals surface area contributed by atoms with Gasteiger partial charge in [-0.3, -0.25) is 9.59 Å². The van der Waals surface area contributed by atoms with Crippen molar-refractivity contribution in [3.05, 3.63) is 42.0 Å². The number of esters is 1. The van der Waals surface area contributed by atoms with E-state index in [2.05, 4.69) is 0 Å². The van der Waals surface area contributed by atoms with E-state index in [1.54, 1.807) is 0 Å². The molecule has 0 spiro atoms. The molecule has 1 saturated carbocycles. The number of ether oxygens (including phenoxy) is 1. The van der Waals surface area contributed by atoms with Gasteiger partial charge in [-0.15, -0.1) is 0 Å². The molecular weight excluding hydrogens is 264 g/mol. The Morgan fingerprint density at radius 2 is 2.00 bits per heavy atom. The summed E-state index contributed by atoms with van der Waals surface area (Å²) in [7, 11) is 1.36. The van der Waals surface area contributed by atoms with Gasteiger partial charge in [-0.05, 0) is 24.8 Å². The maximum atomic E-state index is 12.4. The summed E-state index contributed by atoms with van der Waals surface area (Å²) in [6, 6.07) is 9.88. The molecule has 3 heteroatoms. The average Bonchev–Trinajstić information content (AvgIpc) is 2.70. The Balaban J connectivity index is 2.18. The van der Waals surface area contributed by atoms with Crippen molar-refractivity contribution in [2.24, 2.45) is 5.41 Å². The molecule has 0 amide bonds. The van der Waals surface area contributed by atoms with Crippen LogP contribution in [-0.4, -0.2) is 18.9 Å². The Labute approximate surface area is 126 Å². The zero-order valence-electron chi connectivity index (χ0n) is 12.5. The molecule has 2 rings (SSSR count). The third kappa shape index (κ3) is 3.60. The van der Waals surface area contributed by atoms with Gasteiger partial charge in [0, 0.05) is 6.42 Å². The van der Waals surface area contributed by atoms with Crippen molar-refractivity contribution in [3.8, 4) is 0 Å². The first-order valence-electron chi connectivity index (χ1n) is 7.52. The van der Waals surface area contributed by atoms with E-state index in [9.17, 15) is 9.59 Å². The fourth-order valence-electron chi connectivity index (χ4n) is 2.94. The Kier molecular flexibility index (Phi) is 5.32. The quantitative estimate of drug-likeness (QED) is 0.480. The van der Waals surface area contributed by atoms with Crippen LogP contribution in [0.4, 0.5) is 0 Å². The van der Waals surface area contributed by atoms with Crippen molar-refractivity contribution in [1.29, 1.82) is 0 Å². The summed E-state index contributed by atoms with van der Waals surface area (Å²) in [6.07, 6.45) is 8.17. The zero-order chi connectivity index (χ0) is 15.1. The van der Waals surface area contributed by atoms with E-state index in [4.69, 9.17) is 4.74 Å². The molecule has 0 radical (unpaired) electrons. The Morgan fingerprint density at radius 3 is 2.71 bits per heavy atom. The minimum absolute atomic E-state index is 0.0320. The second kappa shape index (κ2) is 7.21. The molecule has 1 fully saturated rings. The van der Waals surface area contributed by atoms with Crippen molar-refractivity contribution < 1.29 is 14.3 Å². The molecule has 1 aliphatic carbocycles. The van der Waals surface area contributed by atoms with Gasteiger partial charge >= 0.3 is 5.97 Å². The Bertz CT molecular complexity index is 519. The van der Waals surface area contributed by atoms with Crippen LogP contribution in [0.15, 0.2) is 36.4 Å². The van der Waals surface area contributed by atoms with Crippen molar-refractivity contribution in [3.63, 3.8) is 0 Å². The lowest BCUT2D eigenvalue weighted by Crippen LogP contribution is -2.39. The number of Topliss-reactive ketones (excluding diaryl/α,β-unsaturated/α-hetero) is 1. The zero-order valence-corrected chi connectivity index (χ0v) is 12.5. The normalized spacial score (nSPS) is 23.0. The lowest BCUT2D eigenvalue weighted by molar-refractivity contribution is -0.158. The van der Waals surface area contributed by atoms with Gasteiger partial charge in [0.2, 0.25) is 0 Å². The highest BCUT2D eigenvalue weighted by molar-refractivity contribution is 6.04. The van der Waals surface area contributed by atoms with Crippen molar-refractivity contribution in [2.75, 3.05) is 7.11 Å². The van der Waals surface area contributed by atoms with Gasteiger partial charge in [0.05, 0.1) is 7.11 Å². The fraction of sp³-hybridized carbons (Fsp3) is 0.444. The van der Waals surface area contributed by atoms with Crippen LogP contribution in [0.3, 0.4) is 0 Å². The van der Waals surface area contributed by atoms with E-state index in [-0.39, 0.29) is 11.8 Å². The maximum Gasteiger partial charge on any atom is 0.319 e. The molecule has 0 heterocycles. The second-order valence-electron chi connectivity index (χ2n) is 5.57. The fourth-order valence-corrected chi connectivity index (χ4v) is 2.94. The van der Waals surface area contributed by atoms with E-state index < -0.39 is 5.41 Å². The maximum absolute atomic E-state index is 12.4. The Morgan fingerprint density at radius 1 is 1.24 bits per heavy atom. The van der Waals surface area contributed by atoms with Crippen LogP contribution < -0.4 is 0 Å². The van der Waals surface area contributed by atoms with Crippen LogP contribution in [0.1, 0.15) is 44.1 Å². The van der Waals surface area contributed by atoms with Crippen molar-refractivity contribution in [2.45, 2.75) is 38.5 Å². The van der Waals surface area contributed by atoms with E-state index in [0.29, 0.717) is 19.3 Å². The van der Waals surface area contributed by atoms with Gasteiger partial charge in [-0.2, -0.15) is 0 Å². The number of ketones is 1. The van der Waals surface area contributed by atoms with Crippen molar-refractivity contribution >= 4 is 17.8 Å².